The van der Waals surface area contributed by atoms with Crippen LogP contribution in [0.25, 0.3) is 0 Å². The van der Waals surface area contributed by atoms with Crippen molar-refractivity contribution in [2.45, 2.75) is 12.8 Å². The molecule has 2 nitrogen and oxygen atoms in total. The minimum absolute atomic E-state index is 0.201. The van der Waals surface area contributed by atoms with E-state index < -0.39 is 5.82 Å². The zero-order valence-corrected chi connectivity index (χ0v) is 9.68. The average Bonchev–Trinajstić information content (AvgIpc) is 2.19. The van der Waals surface area contributed by atoms with Gasteiger partial charge in [0.25, 0.3) is 0 Å². The lowest BCUT2D eigenvalue weighted by atomic mass is 10.2. The normalized spacial score (nSPS) is 9.73. The second kappa shape index (κ2) is 5.66. The second-order valence-corrected chi connectivity index (χ2v) is 3.92. The quantitative estimate of drug-likeness (QED) is 0.835. The third-order valence-electron chi connectivity index (χ3n) is 1.78. The monoisotopic (exact) mass is 271 g/mol. The fraction of sp³-hybridized carbons (Fsp3) is 0.182. The summed E-state index contributed by atoms with van der Waals surface area (Å²) in [6.45, 7) is 3.51. The first-order valence-electron chi connectivity index (χ1n) is 4.49. The number of carbonyl (C=O) groups is 1. The Morgan fingerprint density at radius 1 is 1.60 bits per heavy atom. The van der Waals surface area contributed by atoms with Crippen LogP contribution in [0.15, 0.2) is 35.3 Å². The van der Waals surface area contributed by atoms with Crippen molar-refractivity contribution in [3.05, 3.63) is 41.1 Å². The van der Waals surface area contributed by atoms with Gasteiger partial charge in [-0.2, -0.15) is 0 Å². The number of amides is 1. The predicted molar refractivity (Wildman–Crippen MR) is 62.2 cm³/mol. The Hall–Kier alpha value is -1.16. The topological polar surface area (TPSA) is 29.1 Å². The molecule has 15 heavy (non-hydrogen) atoms. The van der Waals surface area contributed by atoms with Crippen LogP contribution >= 0.6 is 15.9 Å². The smallest absolute Gasteiger partial charge is 0.224 e. The van der Waals surface area contributed by atoms with Crippen molar-refractivity contribution >= 4 is 27.5 Å². The number of halogens is 2. The highest BCUT2D eigenvalue weighted by molar-refractivity contribution is 9.10. The van der Waals surface area contributed by atoms with E-state index in [0.29, 0.717) is 17.3 Å². The highest BCUT2D eigenvalue weighted by Crippen LogP contribution is 2.19. The maximum atomic E-state index is 13.3. The third-order valence-corrected chi connectivity index (χ3v) is 2.27. The molecule has 0 saturated carbocycles. The number of hydrogen-bond donors (Lipinski definition) is 1. The van der Waals surface area contributed by atoms with Crippen molar-refractivity contribution in [2.24, 2.45) is 0 Å². The van der Waals surface area contributed by atoms with Crippen LogP contribution < -0.4 is 5.32 Å². The van der Waals surface area contributed by atoms with Gasteiger partial charge in [-0.05, 0) is 24.6 Å². The van der Waals surface area contributed by atoms with Gasteiger partial charge in [-0.15, -0.1) is 6.58 Å². The Labute approximate surface area is 96.3 Å². The number of rotatable bonds is 4. The summed E-state index contributed by atoms with van der Waals surface area (Å²) in [5.41, 5.74) is 0.201. The van der Waals surface area contributed by atoms with Crippen LogP contribution in [0.2, 0.25) is 0 Å². The molecule has 0 heterocycles. The Morgan fingerprint density at radius 3 is 2.93 bits per heavy atom. The standard InChI is InChI=1S/C11H11BrFNO/c1-2-3-4-11(15)14-10-6-5-8(12)7-9(10)13/h2,5-7H,1,3-4H2,(H,14,15). The van der Waals surface area contributed by atoms with Crippen molar-refractivity contribution in [1.29, 1.82) is 0 Å². The molecule has 1 aromatic carbocycles. The van der Waals surface area contributed by atoms with Crippen LogP contribution in [0.1, 0.15) is 12.8 Å². The summed E-state index contributed by atoms with van der Waals surface area (Å²) >= 11 is 3.14. The lowest BCUT2D eigenvalue weighted by Gasteiger charge is -2.05. The number of allylic oxidation sites excluding steroid dienone is 1. The van der Waals surface area contributed by atoms with Gasteiger partial charge >= 0.3 is 0 Å². The van der Waals surface area contributed by atoms with Crippen LogP contribution in [0, 0.1) is 5.82 Å². The van der Waals surface area contributed by atoms with E-state index in [1.165, 1.54) is 12.1 Å². The van der Waals surface area contributed by atoms with E-state index in [0.717, 1.165) is 0 Å². The van der Waals surface area contributed by atoms with Gasteiger partial charge < -0.3 is 5.32 Å². The van der Waals surface area contributed by atoms with E-state index in [4.69, 9.17) is 0 Å². The van der Waals surface area contributed by atoms with Gasteiger partial charge in [0.15, 0.2) is 0 Å². The minimum atomic E-state index is -0.448. The summed E-state index contributed by atoms with van der Waals surface area (Å²) in [6.07, 6.45) is 2.56. The Morgan fingerprint density at radius 2 is 2.33 bits per heavy atom. The van der Waals surface area contributed by atoms with E-state index in [-0.39, 0.29) is 11.6 Å². The Kier molecular flexibility index (Phi) is 4.49. The molecular weight excluding hydrogens is 261 g/mol. The maximum absolute atomic E-state index is 13.3. The Balaban J connectivity index is 2.64. The lowest BCUT2D eigenvalue weighted by molar-refractivity contribution is -0.116. The summed E-state index contributed by atoms with van der Waals surface area (Å²) in [7, 11) is 0. The highest BCUT2D eigenvalue weighted by Gasteiger charge is 2.06. The molecule has 0 aromatic heterocycles. The molecule has 80 valence electrons. The largest absolute Gasteiger partial charge is 0.324 e. The SMILES string of the molecule is C=CCCC(=O)Nc1ccc(Br)cc1F. The molecule has 1 amide bonds. The zero-order chi connectivity index (χ0) is 11.3. The molecule has 0 radical (unpaired) electrons. The van der Waals surface area contributed by atoms with Crippen molar-refractivity contribution in [1.82, 2.24) is 0 Å². The molecule has 1 N–H and O–H groups in total. The molecule has 0 unspecified atom stereocenters. The number of nitrogens with one attached hydrogen (secondary N) is 1. The second-order valence-electron chi connectivity index (χ2n) is 3.00. The molecule has 1 rings (SSSR count). The molecule has 0 aliphatic heterocycles. The van der Waals surface area contributed by atoms with Crippen LogP contribution in [-0.2, 0) is 4.79 Å². The van der Waals surface area contributed by atoms with Gasteiger partial charge in [0.2, 0.25) is 5.91 Å². The molecule has 0 aliphatic rings. The first-order valence-corrected chi connectivity index (χ1v) is 5.28. The van der Waals surface area contributed by atoms with E-state index in [9.17, 15) is 9.18 Å². The van der Waals surface area contributed by atoms with Gasteiger partial charge in [0.05, 0.1) is 5.69 Å². The maximum Gasteiger partial charge on any atom is 0.224 e. The summed E-state index contributed by atoms with van der Waals surface area (Å²) in [6, 6.07) is 4.50. The van der Waals surface area contributed by atoms with Crippen molar-refractivity contribution in [3.63, 3.8) is 0 Å². The summed E-state index contributed by atoms with van der Waals surface area (Å²) in [5, 5.41) is 2.49. The number of anilines is 1. The average molecular weight is 272 g/mol. The lowest BCUT2D eigenvalue weighted by Crippen LogP contribution is -2.11. The van der Waals surface area contributed by atoms with Gasteiger partial charge in [-0.3, -0.25) is 4.79 Å². The fourth-order valence-corrected chi connectivity index (χ4v) is 1.37. The molecule has 4 heteroatoms. The van der Waals surface area contributed by atoms with Crippen LogP contribution in [0.3, 0.4) is 0 Å². The first-order chi connectivity index (χ1) is 7.13. The summed E-state index contributed by atoms with van der Waals surface area (Å²) in [4.78, 5) is 11.3. The van der Waals surface area contributed by atoms with Crippen LogP contribution in [0.4, 0.5) is 10.1 Å². The molecule has 1 aromatic rings. The molecule has 0 fully saturated rings. The molecule has 0 aliphatic carbocycles. The van der Waals surface area contributed by atoms with E-state index >= 15 is 0 Å². The van der Waals surface area contributed by atoms with Crippen molar-refractivity contribution in [3.8, 4) is 0 Å². The number of benzene rings is 1. The molecule has 0 spiro atoms. The molecule has 0 bridgehead atoms. The van der Waals surface area contributed by atoms with E-state index in [1.807, 2.05) is 0 Å². The Bertz CT molecular complexity index is 379. The zero-order valence-electron chi connectivity index (χ0n) is 8.09. The van der Waals surface area contributed by atoms with Gasteiger partial charge in [0, 0.05) is 10.9 Å². The first kappa shape index (κ1) is 11.9. The fourth-order valence-electron chi connectivity index (χ4n) is 1.04. The number of carbonyl (C=O) groups excluding carboxylic acids is 1. The van der Waals surface area contributed by atoms with Gasteiger partial charge in [-0.25, -0.2) is 4.39 Å². The third kappa shape index (κ3) is 3.83. The highest BCUT2D eigenvalue weighted by atomic mass is 79.9. The summed E-state index contributed by atoms with van der Waals surface area (Å²) in [5.74, 6) is -0.660. The van der Waals surface area contributed by atoms with Crippen LogP contribution in [0.5, 0.6) is 0 Å². The van der Waals surface area contributed by atoms with Crippen molar-refractivity contribution in [2.75, 3.05) is 5.32 Å². The molecule has 0 saturated heterocycles. The number of hydrogen-bond acceptors (Lipinski definition) is 1. The predicted octanol–water partition coefficient (Wildman–Crippen LogP) is 3.49. The van der Waals surface area contributed by atoms with Gasteiger partial charge in [0.1, 0.15) is 5.82 Å². The van der Waals surface area contributed by atoms with Crippen LogP contribution in [-0.4, -0.2) is 5.91 Å². The van der Waals surface area contributed by atoms with Crippen molar-refractivity contribution < 1.29 is 9.18 Å². The van der Waals surface area contributed by atoms with Gasteiger partial charge in [-0.1, -0.05) is 22.0 Å². The summed E-state index contributed by atoms with van der Waals surface area (Å²) < 4.78 is 13.9. The van der Waals surface area contributed by atoms with E-state index in [1.54, 1.807) is 12.1 Å². The minimum Gasteiger partial charge on any atom is -0.324 e. The molecular formula is C11H11BrFNO. The van der Waals surface area contributed by atoms with E-state index in [2.05, 4.69) is 27.8 Å². The molecule has 0 atom stereocenters.